The van der Waals surface area contributed by atoms with E-state index in [1.54, 1.807) is 53.7 Å². The zero-order valence-corrected chi connectivity index (χ0v) is 25.0. The molecule has 40 heavy (non-hydrogen) atoms. The van der Waals surface area contributed by atoms with Crippen LogP contribution >= 0.6 is 0 Å². The van der Waals surface area contributed by atoms with Crippen LogP contribution in [0.1, 0.15) is 75.2 Å². The number of fused-ring (bicyclic) bond motifs is 1. The summed E-state index contributed by atoms with van der Waals surface area (Å²) in [6.07, 6.45) is -1.41. The van der Waals surface area contributed by atoms with E-state index in [4.69, 9.17) is 18.9 Å². The summed E-state index contributed by atoms with van der Waals surface area (Å²) in [4.78, 5) is 64.2. The van der Waals surface area contributed by atoms with Crippen molar-refractivity contribution in [3.05, 3.63) is 24.3 Å². The Morgan fingerprint density at radius 2 is 1.57 bits per heavy atom. The molecule has 0 aromatic carbocycles. The molecule has 0 radical (unpaired) electrons. The minimum Gasteiger partial charge on any atom is -0.462 e. The van der Waals surface area contributed by atoms with E-state index in [0.29, 0.717) is 0 Å². The van der Waals surface area contributed by atoms with Crippen molar-refractivity contribution in [1.82, 2.24) is 0 Å². The lowest BCUT2D eigenvalue weighted by atomic mass is 9.72. The first-order chi connectivity index (χ1) is 18.3. The van der Waals surface area contributed by atoms with Gasteiger partial charge in [0.2, 0.25) is 0 Å². The lowest BCUT2D eigenvalue weighted by Gasteiger charge is -2.42. The van der Waals surface area contributed by atoms with Gasteiger partial charge in [0, 0.05) is 50.5 Å². The molecule has 2 aliphatic rings. The first kappa shape index (κ1) is 33.2. The Kier molecular flexibility index (Phi) is 10.5. The molecule has 224 valence electrons. The molecule has 0 bridgehead atoms. The Labute approximate surface area is 236 Å². The van der Waals surface area contributed by atoms with E-state index in [-0.39, 0.29) is 18.4 Å². The summed E-state index contributed by atoms with van der Waals surface area (Å²) < 4.78 is 23.1. The molecule has 0 aromatic rings. The maximum atomic E-state index is 14.3. The maximum absolute atomic E-state index is 14.3. The van der Waals surface area contributed by atoms with Crippen LogP contribution in [0.4, 0.5) is 0 Å². The molecule has 2 rings (SSSR count). The average molecular weight is 565 g/mol. The van der Waals surface area contributed by atoms with E-state index in [1.165, 1.54) is 13.8 Å². The van der Waals surface area contributed by atoms with Crippen molar-refractivity contribution in [2.24, 2.45) is 29.1 Å². The van der Waals surface area contributed by atoms with Crippen LogP contribution in [0.5, 0.6) is 0 Å². The molecular formula is C30H44O10. The van der Waals surface area contributed by atoms with Crippen LogP contribution in [-0.4, -0.2) is 64.8 Å². The zero-order valence-electron chi connectivity index (χ0n) is 25.0. The molecule has 0 saturated heterocycles. The second kappa shape index (κ2) is 12.7. The normalized spacial score (nSPS) is 35.0. The average Bonchev–Trinajstić information content (AvgIpc) is 3.08. The summed E-state index contributed by atoms with van der Waals surface area (Å²) in [5.74, 6) is -6.22. The molecule has 1 fully saturated rings. The Bertz CT molecular complexity index is 1060. The van der Waals surface area contributed by atoms with Crippen LogP contribution < -0.4 is 0 Å². The number of aliphatic hydroxyl groups is 1. The first-order valence-electron chi connectivity index (χ1n) is 13.7. The highest BCUT2D eigenvalue weighted by Gasteiger charge is 2.65. The van der Waals surface area contributed by atoms with E-state index in [0.717, 1.165) is 6.92 Å². The van der Waals surface area contributed by atoms with Gasteiger partial charge in [-0.25, -0.2) is 0 Å². The Hall–Kier alpha value is -3.01. The van der Waals surface area contributed by atoms with Gasteiger partial charge in [0.15, 0.2) is 11.4 Å². The Morgan fingerprint density at radius 3 is 2.08 bits per heavy atom. The molecule has 0 unspecified atom stereocenters. The molecule has 0 aromatic heterocycles. The van der Waals surface area contributed by atoms with Crippen LogP contribution in [0.15, 0.2) is 24.3 Å². The molecule has 0 spiro atoms. The predicted octanol–water partition coefficient (Wildman–Crippen LogP) is 3.48. The van der Waals surface area contributed by atoms with Crippen molar-refractivity contribution in [2.45, 2.75) is 105 Å². The summed E-state index contributed by atoms with van der Waals surface area (Å²) >= 11 is 0. The summed E-state index contributed by atoms with van der Waals surface area (Å²) in [6, 6.07) is 0. The smallest absolute Gasteiger partial charge is 0.308 e. The summed E-state index contributed by atoms with van der Waals surface area (Å²) in [5, 5.41) is 11.2. The lowest BCUT2D eigenvalue weighted by molar-refractivity contribution is -0.186. The molecule has 0 amide bonds. The highest BCUT2D eigenvalue weighted by atomic mass is 16.6. The van der Waals surface area contributed by atoms with Crippen LogP contribution in [0.3, 0.4) is 0 Å². The van der Waals surface area contributed by atoms with Crippen molar-refractivity contribution >= 4 is 29.7 Å². The highest BCUT2D eigenvalue weighted by molar-refractivity contribution is 5.93. The van der Waals surface area contributed by atoms with Gasteiger partial charge in [-0.2, -0.15) is 0 Å². The Balaban J connectivity index is 2.93. The van der Waals surface area contributed by atoms with Crippen LogP contribution in [0, 0.1) is 29.1 Å². The summed E-state index contributed by atoms with van der Waals surface area (Å²) in [5.41, 5.74) is -2.67. The van der Waals surface area contributed by atoms with Gasteiger partial charge in [0.1, 0.15) is 18.3 Å². The lowest BCUT2D eigenvalue weighted by Crippen LogP contribution is -2.57. The topological polar surface area (TPSA) is 142 Å². The number of ketones is 1. The predicted molar refractivity (Wildman–Crippen MR) is 144 cm³/mol. The molecule has 1 N–H and O–H groups in total. The number of hydrogen-bond acceptors (Lipinski definition) is 10. The van der Waals surface area contributed by atoms with Gasteiger partial charge in [-0.3, -0.25) is 24.0 Å². The number of allylic oxidation sites excluding steroid dienone is 1. The maximum Gasteiger partial charge on any atom is 0.308 e. The van der Waals surface area contributed by atoms with Crippen LogP contribution in [-0.2, 0) is 42.9 Å². The molecule has 2 aliphatic carbocycles. The number of carbonyl (C=O) groups excluding carboxylic acids is 5. The fraction of sp³-hybridized carbons (Fsp3) is 0.700. The Morgan fingerprint density at radius 1 is 1.00 bits per heavy atom. The number of aliphatic hydroxyl groups excluding tert-OH is 1. The fourth-order valence-electron chi connectivity index (χ4n) is 5.60. The van der Waals surface area contributed by atoms with E-state index in [2.05, 4.69) is 6.58 Å². The monoisotopic (exact) mass is 564 g/mol. The van der Waals surface area contributed by atoms with Crippen LogP contribution in [0.25, 0.3) is 0 Å². The molecule has 1 saturated carbocycles. The third kappa shape index (κ3) is 7.19. The number of ether oxygens (including phenoxy) is 4. The molecule has 0 heterocycles. The van der Waals surface area contributed by atoms with Gasteiger partial charge >= 0.3 is 23.9 Å². The van der Waals surface area contributed by atoms with E-state index < -0.39 is 88.8 Å². The van der Waals surface area contributed by atoms with E-state index >= 15 is 0 Å². The van der Waals surface area contributed by atoms with Crippen molar-refractivity contribution in [2.75, 3.05) is 0 Å². The number of rotatable bonds is 5. The minimum atomic E-state index is -1.87. The standard InChI is InChI=1S/C30H44O10/c1-15(2)28(36)39-22-13-23(34)29(9,10)12-11-16(3)27(35)30(40-21(8)33)14-17(4)25(37-19(6)31)24(30)26(18(22)5)38-20(7)32/h11-12,15-17,22-26,34H,5,13-14H2,1-4,6-10H3/b12-11+/t16-,17+,22-,23-,24-,25+,26-,30-/m1/s1. The molecule has 0 aliphatic heterocycles. The summed E-state index contributed by atoms with van der Waals surface area (Å²) in [7, 11) is 0. The second-order valence-electron chi connectivity index (χ2n) is 12.0. The van der Waals surface area contributed by atoms with Gasteiger partial charge in [-0.1, -0.05) is 60.3 Å². The van der Waals surface area contributed by atoms with Crippen molar-refractivity contribution < 1.29 is 48.0 Å². The second-order valence-corrected chi connectivity index (χ2v) is 12.0. The van der Waals surface area contributed by atoms with Crippen molar-refractivity contribution in [1.29, 1.82) is 0 Å². The number of Topliss-reactive ketones (excluding diaryl/α,β-unsaturated/α-hetero) is 1. The SMILES string of the molecule is C=C1[C@@H](OC(C)=O)[C@H]2[C@@H](OC(C)=O)[C@@H](C)C[C@]2(OC(C)=O)C(=O)[C@H](C)/C=C/C(C)(C)[C@H](O)C[C@H]1OC(=O)C(C)C. The van der Waals surface area contributed by atoms with Crippen molar-refractivity contribution in [3.63, 3.8) is 0 Å². The molecular weight excluding hydrogens is 520 g/mol. The van der Waals surface area contributed by atoms with Gasteiger partial charge in [0.05, 0.1) is 17.9 Å². The molecule has 10 nitrogen and oxygen atoms in total. The van der Waals surface area contributed by atoms with E-state index in [9.17, 15) is 29.1 Å². The van der Waals surface area contributed by atoms with Crippen LogP contribution in [0.2, 0.25) is 0 Å². The zero-order chi connectivity index (χ0) is 30.7. The van der Waals surface area contributed by atoms with E-state index in [1.807, 2.05) is 0 Å². The third-order valence-electron chi connectivity index (χ3n) is 7.78. The molecule has 10 heteroatoms. The van der Waals surface area contributed by atoms with Gasteiger partial charge in [-0.05, 0) is 5.92 Å². The van der Waals surface area contributed by atoms with Gasteiger partial charge in [0.25, 0.3) is 0 Å². The number of esters is 4. The first-order valence-corrected chi connectivity index (χ1v) is 13.7. The number of carbonyl (C=O) groups is 5. The summed E-state index contributed by atoms with van der Waals surface area (Å²) in [6.45, 7) is 17.9. The third-order valence-corrected chi connectivity index (χ3v) is 7.78. The van der Waals surface area contributed by atoms with Crippen molar-refractivity contribution in [3.8, 4) is 0 Å². The minimum absolute atomic E-state index is 0.0142. The quantitative estimate of drug-likeness (QED) is 0.299. The number of hydrogen-bond donors (Lipinski definition) is 1. The van der Waals surface area contributed by atoms with Gasteiger partial charge in [-0.15, -0.1) is 0 Å². The fourth-order valence-corrected chi connectivity index (χ4v) is 5.60. The highest BCUT2D eigenvalue weighted by Crippen LogP contribution is 2.51. The largest absolute Gasteiger partial charge is 0.462 e. The molecule has 8 atom stereocenters. The van der Waals surface area contributed by atoms with Gasteiger partial charge < -0.3 is 24.1 Å².